The molecule has 2 nitrogen and oxygen atoms in total. The summed E-state index contributed by atoms with van der Waals surface area (Å²) in [4.78, 5) is 0. The molecule has 58 valence electrons. The van der Waals surface area contributed by atoms with Crippen LogP contribution in [0.2, 0.25) is 0 Å². The van der Waals surface area contributed by atoms with E-state index in [1.54, 1.807) is 0 Å². The predicted octanol–water partition coefficient (Wildman–Crippen LogP) is 0.583. The lowest BCUT2D eigenvalue weighted by Gasteiger charge is -2.18. The third-order valence-corrected chi connectivity index (χ3v) is 1.99. The van der Waals surface area contributed by atoms with E-state index in [-0.39, 0.29) is 12.4 Å². The van der Waals surface area contributed by atoms with Gasteiger partial charge in [0.25, 0.3) is 0 Å². The monoisotopic (exact) mass is 161 g/mol. The standard InChI is InChI=1S/C7H11NO.ClH/c1-2-6-4-8-5-7(6)9-3-1;/h1-2,6-8H,3-5H2;1H/t6-,7-;/m0./s1. The van der Waals surface area contributed by atoms with E-state index < -0.39 is 0 Å². The van der Waals surface area contributed by atoms with Crippen LogP contribution in [0.15, 0.2) is 12.2 Å². The van der Waals surface area contributed by atoms with E-state index in [9.17, 15) is 0 Å². The topological polar surface area (TPSA) is 21.3 Å². The first kappa shape index (κ1) is 8.05. The molecule has 0 aliphatic carbocycles. The Labute approximate surface area is 67.0 Å². The van der Waals surface area contributed by atoms with Crippen LogP contribution in [0, 0.1) is 5.92 Å². The summed E-state index contributed by atoms with van der Waals surface area (Å²) in [7, 11) is 0. The zero-order valence-corrected chi connectivity index (χ0v) is 6.56. The second-order valence-electron chi connectivity index (χ2n) is 2.62. The molecule has 0 aromatic rings. The summed E-state index contributed by atoms with van der Waals surface area (Å²) in [5, 5.41) is 3.29. The van der Waals surface area contributed by atoms with Crippen molar-refractivity contribution >= 4 is 12.4 Å². The Morgan fingerprint density at radius 3 is 3.10 bits per heavy atom. The van der Waals surface area contributed by atoms with Crippen LogP contribution in [-0.4, -0.2) is 25.8 Å². The fourth-order valence-corrected chi connectivity index (χ4v) is 1.46. The number of rotatable bonds is 0. The molecule has 2 heterocycles. The molecule has 0 aromatic heterocycles. The Morgan fingerprint density at radius 2 is 2.30 bits per heavy atom. The highest BCUT2D eigenvalue weighted by molar-refractivity contribution is 5.85. The van der Waals surface area contributed by atoms with Gasteiger partial charge in [-0.25, -0.2) is 0 Å². The molecule has 0 radical (unpaired) electrons. The van der Waals surface area contributed by atoms with Gasteiger partial charge in [0.05, 0.1) is 12.7 Å². The second kappa shape index (κ2) is 3.37. The minimum Gasteiger partial charge on any atom is -0.372 e. The van der Waals surface area contributed by atoms with Gasteiger partial charge in [-0.3, -0.25) is 0 Å². The summed E-state index contributed by atoms with van der Waals surface area (Å²) >= 11 is 0. The molecule has 2 aliphatic rings. The highest BCUT2D eigenvalue weighted by Crippen LogP contribution is 2.17. The van der Waals surface area contributed by atoms with Crippen molar-refractivity contribution in [3.8, 4) is 0 Å². The fraction of sp³-hybridized carbons (Fsp3) is 0.714. The molecule has 2 atom stereocenters. The molecule has 0 bridgehead atoms. The summed E-state index contributed by atoms with van der Waals surface area (Å²) in [6, 6.07) is 0. The van der Waals surface area contributed by atoms with Crippen LogP contribution < -0.4 is 5.32 Å². The highest BCUT2D eigenvalue weighted by Gasteiger charge is 2.26. The summed E-state index contributed by atoms with van der Waals surface area (Å²) < 4.78 is 5.45. The summed E-state index contributed by atoms with van der Waals surface area (Å²) in [5.74, 6) is 0.652. The van der Waals surface area contributed by atoms with Crippen molar-refractivity contribution in [1.29, 1.82) is 0 Å². The lowest BCUT2D eigenvalue weighted by molar-refractivity contribution is 0.0598. The zero-order chi connectivity index (χ0) is 6.10. The minimum absolute atomic E-state index is 0. The molecule has 0 saturated carbocycles. The van der Waals surface area contributed by atoms with E-state index in [0.29, 0.717) is 12.0 Å². The molecule has 0 aromatic carbocycles. The minimum atomic E-state index is 0. The van der Waals surface area contributed by atoms with E-state index >= 15 is 0 Å². The molecule has 3 heteroatoms. The Kier molecular flexibility index (Phi) is 2.72. The molecule has 0 amide bonds. The molecule has 1 saturated heterocycles. The van der Waals surface area contributed by atoms with E-state index in [4.69, 9.17) is 4.74 Å². The van der Waals surface area contributed by atoms with E-state index in [2.05, 4.69) is 17.5 Å². The normalized spacial score (nSPS) is 36.8. The zero-order valence-electron chi connectivity index (χ0n) is 5.75. The molecule has 2 rings (SSSR count). The molecule has 0 spiro atoms. The fourth-order valence-electron chi connectivity index (χ4n) is 1.46. The largest absolute Gasteiger partial charge is 0.372 e. The predicted molar refractivity (Wildman–Crippen MR) is 42.5 cm³/mol. The maximum Gasteiger partial charge on any atom is 0.0778 e. The second-order valence-corrected chi connectivity index (χ2v) is 2.62. The summed E-state index contributed by atoms with van der Waals surface area (Å²) in [6.07, 6.45) is 4.83. The number of ether oxygens (including phenoxy) is 1. The number of fused-ring (bicyclic) bond motifs is 1. The van der Waals surface area contributed by atoms with Crippen molar-refractivity contribution < 1.29 is 4.74 Å². The lowest BCUT2D eigenvalue weighted by Crippen LogP contribution is -2.24. The maximum absolute atomic E-state index is 5.45. The molecular formula is C7H12ClNO. The molecule has 0 unspecified atom stereocenters. The van der Waals surface area contributed by atoms with Crippen molar-refractivity contribution in [2.24, 2.45) is 5.92 Å². The van der Waals surface area contributed by atoms with Gasteiger partial charge >= 0.3 is 0 Å². The number of hydrogen-bond acceptors (Lipinski definition) is 2. The van der Waals surface area contributed by atoms with Crippen molar-refractivity contribution in [2.45, 2.75) is 6.10 Å². The van der Waals surface area contributed by atoms with Crippen LogP contribution in [0.5, 0.6) is 0 Å². The van der Waals surface area contributed by atoms with Gasteiger partial charge < -0.3 is 10.1 Å². The van der Waals surface area contributed by atoms with Crippen molar-refractivity contribution in [3.05, 3.63) is 12.2 Å². The van der Waals surface area contributed by atoms with Crippen LogP contribution in [0.25, 0.3) is 0 Å². The third-order valence-electron chi connectivity index (χ3n) is 1.99. The van der Waals surface area contributed by atoms with Crippen molar-refractivity contribution in [3.63, 3.8) is 0 Å². The molecule has 1 N–H and O–H groups in total. The number of hydrogen-bond donors (Lipinski definition) is 1. The molecule has 1 fully saturated rings. The van der Waals surface area contributed by atoms with Gasteiger partial charge in [0.15, 0.2) is 0 Å². The number of halogens is 1. The number of nitrogens with one attached hydrogen (secondary N) is 1. The first-order valence-electron chi connectivity index (χ1n) is 3.46. The molecule has 2 aliphatic heterocycles. The van der Waals surface area contributed by atoms with Crippen LogP contribution in [0.1, 0.15) is 0 Å². The van der Waals surface area contributed by atoms with E-state index in [0.717, 1.165) is 19.7 Å². The van der Waals surface area contributed by atoms with Gasteiger partial charge in [0.2, 0.25) is 0 Å². The summed E-state index contributed by atoms with van der Waals surface area (Å²) in [6.45, 7) is 2.94. The van der Waals surface area contributed by atoms with Crippen molar-refractivity contribution in [2.75, 3.05) is 19.7 Å². The van der Waals surface area contributed by atoms with Crippen LogP contribution in [-0.2, 0) is 4.74 Å². The van der Waals surface area contributed by atoms with Crippen LogP contribution >= 0.6 is 12.4 Å². The average molecular weight is 162 g/mol. The maximum atomic E-state index is 5.45. The Morgan fingerprint density at radius 1 is 1.40 bits per heavy atom. The summed E-state index contributed by atoms with van der Waals surface area (Å²) in [5.41, 5.74) is 0. The van der Waals surface area contributed by atoms with Crippen molar-refractivity contribution in [1.82, 2.24) is 5.32 Å². The van der Waals surface area contributed by atoms with Gasteiger partial charge in [0.1, 0.15) is 0 Å². The average Bonchev–Trinajstić information content (AvgIpc) is 2.33. The van der Waals surface area contributed by atoms with Crippen LogP contribution in [0.4, 0.5) is 0 Å². The third kappa shape index (κ3) is 1.34. The first-order valence-corrected chi connectivity index (χ1v) is 3.46. The molecule has 10 heavy (non-hydrogen) atoms. The highest BCUT2D eigenvalue weighted by atomic mass is 35.5. The smallest absolute Gasteiger partial charge is 0.0778 e. The lowest BCUT2D eigenvalue weighted by atomic mass is 10.0. The van der Waals surface area contributed by atoms with Gasteiger partial charge in [0, 0.05) is 19.0 Å². The van der Waals surface area contributed by atoms with Gasteiger partial charge in [-0.05, 0) is 0 Å². The van der Waals surface area contributed by atoms with Crippen LogP contribution in [0.3, 0.4) is 0 Å². The SMILES string of the molecule is C1=C[C@H]2CNC[C@@H]2OC1.Cl. The van der Waals surface area contributed by atoms with E-state index in [1.165, 1.54) is 0 Å². The van der Waals surface area contributed by atoms with Gasteiger partial charge in [-0.2, -0.15) is 0 Å². The molecular weight excluding hydrogens is 150 g/mol. The first-order chi connectivity index (χ1) is 4.47. The Bertz CT molecular complexity index is 138. The van der Waals surface area contributed by atoms with E-state index in [1.807, 2.05) is 0 Å². The quantitative estimate of drug-likeness (QED) is 0.525. The van der Waals surface area contributed by atoms with Gasteiger partial charge in [-0.15, -0.1) is 12.4 Å². The Balaban J connectivity index is 0.000000500. The van der Waals surface area contributed by atoms with Gasteiger partial charge in [-0.1, -0.05) is 12.2 Å². The Hall–Kier alpha value is -0.0500.